The lowest BCUT2D eigenvalue weighted by atomic mass is 9.95. The number of hydrogen-bond donors (Lipinski definition) is 0. The monoisotopic (exact) mass is 654 g/mol. The molecule has 0 fully saturated rings. The lowest BCUT2D eigenvalue weighted by molar-refractivity contribution is -0.660. The van der Waals surface area contributed by atoms with Gasteiger partial charge in [0.1, 0.15) is 14.1 Å². The van der Waals surface area contributed by atoms with Crippen LogP contribution in [0.2, 0.25) is 0 Å². The normalized spacial score (nSPS) is 11.4. The van der Waals surface area contributed by atoms with Crippen LogP contribution in [0.5, 0.6) is 0 Å². The van der Waals surface area contributed by atoms with Crippen molar-refractivity contribution in [2.45, 2.75) is 55.4 Å². The predicted octanol–water partition coefficient (Wildman–Crippen LogP) is 10.2. The van der Waals surface area contributed by atoms with Crippen LogP contribution < -0.4 is 9.13 Å². The van der Waals surface area contributed by atoms with Crippen LogP contribution in [0, 0.1) is 55.4 Å². The quantitative estimate of drug-likeness (QED) is 0.137. The zero-order valence-electron chi connectivity index (χ0n) is 31.0. The highest BCUT2D eigenvalue weighted by Gasteiger charge is 2.20. The summed E-state index contributed by atoms with van der Waals surface area (Å²) >= 11 is 0. The van der Waals surface area contributed by atoms with Gasteiger partial charge in [0, 0.05) is 61.8 Å². The molecule has 248 valence electrons. The molecule has 4 aromatic heterocycles. The Bertz CT molecular complexity index is 2610. The van der Waals surface area contributed by atoms with Crippen molar-refractivity contribution in [2.75, 3.05) is 0 Å². The first-order valence-corrected chi connectivity index (χ1v) is 17.5. The van der Waals surface area contributed by atoms with Gasteiger partial charge in [-0.1, -0.05) is 60.7 Å². The van der Waals surface area contributed by atoms with Crippen molar-refractivity contribution >= 4 is 43.4 Å². The average molecular weight is 655 g/mol. The van der Waals surface area contributed by atoms with E-state index in [1.165, 1.54) is 88.2 Å². The number of fused-ring (bicyclic) bond motifs is 6. The van der Waals surface area contributed by atoms with Gasteiger partial charge in [0.25, 0.3) is 0 Å². The Morgan fingerprint density at radius 3 is 1.56 bits per heavy atom. The summed E-state index contributed by atoms with van der Waals surface area (Å²) in [6.07, 6.45) is 4.41. The number of benzene rings is 4. The number of aryl methyl sites for hydroxylation is 10. The molecule has 4 heteroatoms. The molecule has 4 heterocycles. The van der Waals surface area contributed by atoms with Crippen molar-refractivity contribution in [3.63, 3.8) is 0 Å². The molecule has 0 amide bonds. The van der Waals surface area contributed by atoms with E-state index in [2.05, 4.69) is 176 Å². The Balaban J connectivity index is 0.000000157. The lowest BCUT2D eigenvalue weighted by Crippen LogP contribution is -2.31. The van der Waals surface area contributed by atoms with Crippen LogP contribution in [0.3, 0.4) is 0 Å². The number of rotatable bonds is 2. The van der Waals surface area contributed by atoms with Gasteiger partial charge in [0.15, 0.2) is 12.4 Å². The Kier molecular flexibility index (Phi) is 8.43. The summed E-state index contributed by atoms with van der Waals surface area (Å²) in [4.78, 5) is 9.87. The van der Waals surface area contributed by atoms with Crippen LogP contribution in [0.25, 0.3) is 65.9 Å². The fourth-order valence-electron chi connectivity index (χ4n) is 7.44. The third-order valence-corrected chi connectivity index (χ3v) is 10.5. The maximum Gasteiger partial charge on any atom is 0.215 e. The minimum Gasteiger partial charge on any atom is -0.252 e. The molecule has 0 atom stereocenters. The van der Waals surface area contributed by atoms with Gasteiger partial charge in [0.2, 0.25) is 11.4 Å². The van der Waals surface area contributed by atoms with Crippen LogP contribution in [0.4, 0.5) is 0 Å². The summed E-state index contributed by atoms with van der Waals surface area (Å²) in [5, 5.41) is 7.46. The third kappa shape index (κ3) is 5.69. The molecule has 50 heavy (non-hydrogen) atoms. The first-order valence-electron chi connectivity index (χ1n) is 17.5. The first kappa shape index (κ1) is 33.0. The van der Waals surface area contributed by atoms with Crippen LogP contribution >= 0.6 is 0 Å². The van der Waals surface area contributed by atoms with Gasteiger partial charge in [0.05, 0.1) is 16.6 Å². The van der Waals surface area contributed by atoms with Gasteiger partial charge >= 0.3 is 0 Å². The van der Waals surface area contributed by atoms with Crippen molar-refractivity contribution in [3.05, 3.63) is 142 Å². The summed E-state index contributed by atoms with van der Waals surface area (Å²) < 4.78 is 4.44. The highest BCUT2D eigenvalue weighted by molar-refractivity contribution is 6.11. The maximum atomic E-state index is 5.02. The SMILES string of the molecule is Cc1cc(-c2c(C)ccc3c2nc(C)c2ccccc23)[n+](C)cc1C.Cc1cc(-c2cc3c(cc2C)nc(C)c2ccccc23)[n+](C)cc1C. The smallest absolute Gasteiger partial charge is 0.215 e. The second-order valence-corrected chi connectivity index (χ2v) is 14.1. The van der Waals surface area contributed by atoms with E-state index >= 15 is 0 Å². The zero-order chi connectivity index (χ0) is 35.4. The van der Waals surface area contributed by atoms with Crippen LogP contribution in [-0.4, -0.2) is 9.97 Å². The molecule has 0 aliphatic carbocycles. The molecule has 0 saturated heterocycles. The summed E-state index contributed by atoms with van der Waals surface area (Å²) in [5.41, 5.74) is 17.1. The lowest BCUT2D eigenvalue weighted by Gasteiger charge is -2.13. The van der Waals surface area contributed by atoms with Gasteiger partial charge in [-0.25, -0.2) is 9.13 Å². The minimum absolute atomic E-state index is 1.07. The van der Waals surface area contributed by atoms with E-state index in [1.807, 2.05) is 0 Å². The number of nitrogens with zero attached hydrogens (tertiary/aromatic N) is 4. The van der Waals surface area contributed by atoms with E-state index in [1.54, 1.807) is 0 Å². The molecule has 4 aromatic carbocycles. The Hall–Kier alpha value is -5.48. The average Bonchev–Trinajstić information content (AvgIpc) is 3.09. The molecule has 0 radical (unpaired) electrons. The zero-order valence-corrected chi connectivity index (χ0v) is 31.0. The van der Waals surface area contributed by atoms with Crippen LogP contribution in [0.1, 0.15) is 44.8 Å². The van der Waals surface area contributed by atoms with Gasteiger partial charge in [-0.3, -0.25) is 9.97 Å². The van der Waals surface area contributed by atoms with Crippen molar-refractivity contribution < 1.29 is 9.13 Å². The largest absolute Gasteiger partial charge is 0.252 e. The second kappa shape index (κ2) is 12.8. The van der Waals surface area contributed by atoms with E-state index in [0.717, 1.165) is 22.4 Å². The molecule has 0 bridgehead atoms. The molecule has 4 nitrogen and oxygen atoms in total. The van der Waals surface area contributed by atoms with Crippen molar-refractivity contribution in [3.8, 4) is 22.5 Å². The highest BCUT2D eigenvalue weighted by atomic mass is 14.9. The summed E-state index contributed by atoms with van der Waals surface area (Å²) in [7, 11) is 4.24. The molecular formula is C46H46N4+2. The van der Waals surface area contributed by atoms with E-state index in [4.69, 9.17) is 9.97 Å². The molecule has 8 aromatic rings. The number of pyridine rings is 4. The Labute approximate surface area is 295 Å². The fraction of sp³-hybridized carbons (Fsp3) is 0.217. The third-order valence-electron chi connectivity index (χ3n) is 10.5. The summed E-state index contributed by atoms with van der Waals surface area (Å²) in [6.45, 7) is 17.2. The molecule has 0 aliphatic rings. The summed E-state index contributed by atoms with van der Waals surface area (Å²) in [5.74, 6) is 0. The number of hydrogen-bond acceptors (Lipinski definition) is 2. The molecule has 0 unspecified atom stereocenters. The number of aromatic nitrogens is 4. The van der Waals surface area contributed by atoms with E-state index in [0.29, 0.717) is 0 Å². The molecule has 0 aliphatic heterocycles. The first-order chi connectivity index (χ1) is 23.9. The van der Waals surface area contributed by atoms with Crippen molar-refractivity contribution in [1.29, 1.82) is 0 Å². The molecule has 0 saturated carbocycles. The fourth-order valence-corrected chi connectivity index (χ4v) is 7.44. The molecule has 0 spiro atoms. The maximum absolute atomic E-state index is 5.02. The predicted molar refractivity (Wildman–Crippen MR) is 210 cm³/mol. The minimum atomic E-state index is 1.07. The van der Waals surface area contributed by atoms with Gasteiger partial charge in [-0.2, -0.15) is 0 Å². The summed E-state index contributed by atoms with van der Waals surface area (Å²) in [6, 6.07) is 30.6. The van der Waals surface area contributed by atoms with Crippen molar-refractivity contribution in [1.82, 2.24) is 9.97 Å². The Morgan fingerprint density at radius 2 is 0.940 bits per heavy atom. The second-order valence-electron chi connectivity index (χ2n) is 14.1. The molecule has 8 rings (SSSR count). The standard InChI is InChI=1S/2C23H23N2/c1-14-11-23(25(5)13-16(14)3)20-12-21-19-9-7-6-8-18(19)17(4)24-22(21)10-15(20)2;1-14-10-11-20-19-9-7-6-8-18(19)17(4)24-23(20)22(14)21-12-15(2)16(3)13-25(21)5/h2*6-13H,1-5H3/q2*+1. The Morgan fingerprint density at radius 1 is 0.420 bits per heavy atom. The highest BCUT2D eigenvalue weighted by Crippen LogP contribution is 2.35. The van der Waals surface area contributed by atoms with Crippen molar-refractivity contribution in [2.24, 2.45) is 14.1 Å². The van der Waals surface area contributed by atoms with E-state index < -0.39 is 0 Å². The van der Waals surface area contributed by atoms with Gasteiger partial charge in [-0.05, 0) is 101 Å². The molecular weight excluding hydrogens is 609 g/mol. The van der Waals surface area contributed by atoms with Crippen LogP contribution in [-0.2, 0) is 14.1 Å². The molecule has 0 N–H and O–H groups in total. The van der Waals surface area contributed by atoms with Crippen LogP contribution in [0.15, 0.2) is 97.3 Å². The van der Waals surface area contributed by atoms with Gasteiger partial charge < -0.3 is 0 Å². The van der Waals surface area contributed by atoms with E-state index in [9.17, 15) is 0 Å². The topological polar surface area (TPSA) is 33.5 Å². The van der Waals surface area contributed by atoms with Gasteiger partial charge in [-0.15, -0.1) is 0 Å². The van der Waals surface area contributed by atoms with E-state index in [-0.39, 0.29) is 0 Å².